The molecule has 0 aliphatic carbocycles. The van der Waals surface area contributed by atoms with E-state index in [1.54, 1.807) is 31.4 Å². The lowest BCUT2D eigenvalue weighted by molar-refractivity contribution is 0.102. The number of carbonyl (C=O) groups excluding carboxylic acids is 1. The predicted octanol–water partition coefficient (Wildman–Crippen LogP) is 1.59. The number of sulfonamides is 1. The third kappa shape index (κ3) is 3.80. The van der Waals surface area contributed by atoms with Crippen molar-refractivity contribution >= 4 is 21.6 Å². The lowest BCUT2D eigenvalue weighted by Crippen LogP contribution is -2.15. The number of hydrogen-bond donors (Lipinski definition) is 2. The summed E-state index contributed by atoms with van der Waals surface area (Å²) in [6, 6.07) is 12.3. The van der Waals surface area contributed by atoms with Crippen molar-refractivity contribution in [2.24, 2.45) is 5.14 Å². The average molecular weight is 306 g/mol. The molecule has 6 nitrogen and oxygen atoms in total. The zero-order valence-electron chi connectivity index (χ0n) is 11.2. The molecule has 2 rings (SSSR count). The van der Waals surface area contributed by atoms with Crippen molar-refractivity contribution in [3.05, 3.63) is 54.1 Å². The van der Waals surface area contributed by atoms with E-state index in [9.17, 15) is 13.2 Å². The Morgan fingerprint density at radius 3 is 2.38 bits per heavy atom. The zero-order valence-corrected chi connectivity index (χ0v) is 12.1. The minimum atomic E-state index is -3.84. The van der Waals surface area contributed by atoms with Crippen molar-refractivity contribution in [3.63, 3.8) is 0 Å². The molecule has 3 N–H and O–H groups in total. The Kier molecular flexibility index (Phi) is 4.25. The Morgan fingerprint density at radius 2 is 1.81 bits per heavy atom. The number of benzene rings is 2. The fourth-order valence-electron chi connectivity index (χ4n) is 1.69. The van der Waals surface area contributed by atoms with Crippen LogP contribution in [0.3, 0.4) is 0 Å². The van der Waals surface area contributed by atoms with Crippen LogP contribution in [0.25, 0.3) is 0 Å². The van der Waals surface area contributed by atoms with Crippen molar-refractivity contribution in [1.29, 1.82) is 0 Å². The molecule has 0 aromatic heterocycles. The summed E-state index contributed by atoms with van der Waals surface area (Å²) in [5.74, 6) is 0.245. The minimum Gasteiger partial charge on any atom is -0.497 e. The second-order valence-corrected chi connectivity index (χ2v) is 5.82. The van der Waals surface area contributed by atoms with Crippen LogP contribution in [0.1, 0.15) is 10.4 Å². The van der Waals surface area contributed by atoms with Gasteiger partial charge in [0.05, 0.1) is 12.0 Å². The number of carbonyl (C=O) groups is 1. The Bertz CT molecular complexity index is 755. The lowest BCUT2D eigenvalue weighted by Gasteiger charge is -2.07. The minimum absolute atomic E-state index is 0.107. The summed E-state index contributed by atoms with van der Waals surface area (Å²) < 4.78 is 27.6. The Hall–Kier alpha value is -2.38. The van der Waals surface area contributed by atoms with Gasteiger partial charge in [-0.1, -0.05) is 6.07 Å². The van der Waals surface area contributed by atoms with E-state index in [0.717, 1.165) is 0 Å². The van der Waals surface area contributed by atoms with Crippen molar-refractivity contribution in [3.8, 4) is 5.75 Å². The Labute approximate surface area is 122 Å². The summed E-state index contributed by atoms with van der Waals surface area (Å²) in [6.07, 6.45) is 0. The van der Waals surface area contributed by atoms with Crippen LogP contribution in [0, 0.1) is 0 Å². The van der Waals surface area contributed by atoms with E-state index in [1.807, 2.05) is 0 Å². The molecule has 0 bridgehead atoms. The van der Waals surface area contributed by atoms with Crippen molar-refractivity contribution in [2.45, 2.75) is 4.90 Å². The number of amides is 1. The van der Waals surface area contributed by atoms with Gasteiger partial charge in [0.1, 0.15) is 5.75 Å². The first kappa shape index (κ1) is 15.0. The molecule has 0 unspecified atom stereocenters. The predicted molar refractivity (Wildman–Crippen MR) is 78.8 cm³/mol. The molecule has 0 aliphatic rings. The average Bonchev–Trinajstić information content (AvgIpc) is 2.47. The molecule has 0 heterocycles. The monoisotopic (exact) mass is 306 g/mol. The molecule has 2 aromatic rings. The fraction of sp³-hybridized carbons (Fsp3) is 0.0714. The molecule has 110 valence electrons. The summed E-state index contributed by atoms with van der Waals surface area (Å²) in [7, 11) is -2.29. The normalized spacial score (nSPS) is 11.0. The van der Waals surface area contributed by atoms with Gasteiger partial charge in [0.15, 0.2) is 0 Å². The van der Waals surface area contributed by atoms with Gasteiger partial charge in [-0.15, -0.1) is 0 Å². The molecule has 0 atom stereocenters. The first-order chi connectivity index (χ1) is 9.90. The van der Waals surface area contributed by atoms with Gasteiger partial charge in [-0.2, -0.15) is 0 Å². The van der Waals surface area contributed by atoms with Crippen LogP contribution in [0.15, 0.2) is 53.4 Å². The Morgan fingerprint density at radius 1 is 1.14 bits per heavy atom. The quantitative estimate of drug-likeness (QED) is 0.896. The maximum atomic E-state index is 12.1. The van der Waals surface area contributed by atoms with E-state index in [2.05, 4.69) is 5.32 Å². The van der Waals surface area contributed by atoms with Gasteiger partial charge >= 0.3 is 0 Å². The zero-order chi connectivity index (χ0) is 15.5. The SMILES string of the molecule is COc1ccc(NC(=O)c2cccc(S(N)(=O)=O)c2)cc1. The third-order valence-corrected chi connectivity index (χ3v) is 3.68. The fourth-order valence-corrected chi connectivity index (χ4v) is 2.25. The molecule has 0 fully saturated rings. The van der Waals surface area contributed by atoms with Gasteiger partial charge in [-0.25, -0.2) is 13.6 Å². The standard InChI is InChI=1S/C14H14N2O4S/c1-20-12-7-5-11(6-8-12)16-14(17)10-3-2-4-13(9-10)21(15,18)19/h2-9H,1H3,(H,16,17)(H2,15,18,19). The maximum absolute atomic E-state index is 12.1. The summed E-state index contributed by atoms with van der Waals surface area (Å²) in [5, 5.41) is 7.69. The van der Waals surface area contributed by atoms with E-state index in [1.165, 1.54) is 24.3 Å². The number of primary sulfonamides is 1. The van der Waals surface area contributed by atoms with Crippen molar-refractivity contribution in [1.82, 2.24) is 0 Å². The molecule has 0 aliphatic heterocycles. The lowest BCUT2D eigenvalue weighted by atomic mass is 10.2. The van der Waals surface area contributed by atoms with Crippen LogP contribution in [0.2, 0.25) is 0 Å². The van der Waals surface area contributed by atoms with Crippen molar-refractivity contribution < 1.29 is 17.9 Å². The summed E-state index contributed by atoms with van der Waals surface area (Å²) >= 11 is 0. The molecule has 0 spiro atoms. The molecular weight excluding hydrogens is 292 g/mol. The molecule has 2 aromatic carbocycles. The number of methoxy groups -OCH3 is 1. The summed E-state index contributed by atoms with van der Waals surface area (Å²) in [4.78, 5) is 12.0. The Balaban J connectivity index is 2.20. The van der Waals surface area contributed by atoms with Crippen LogP contribution in [0.5, 0.6) is 5.75 Å². The highest BCUT2D eigenvalue weighted by Crippen LogP contribution is 2.16. The first-order valence-corrected chi connectivity index (χ1v) is 7.53. The van der Waals surface area contributed by atoms with Gasteiger partial charge in [-0.05, 0) is 42.5 Å². The number of nitrogens with two attached hydrogens (primary N) is 1. The van der Waals surface area contributed by atoms with Crippen LogP contribution in [-0.4, -0.2) is 21.4 Å². The maximum Gasteiger partial charge on any atom is 0.255 e. The first-order valence-electron chi connectivity index (χ1n) is 5.98. The van der Waals surface area contributed by atoms with Gasteiger partial charge in [-0.3, -0.25) is 4.79 Å². The van der Waals surface area contributed by atoms with E-state index < -0.39 is 15.9 Å². The second kappa shape index (κ2) is 5.94. The molecule has 0 radical (unpaired) electrons. The molecule has 7 heteroatoms. The van der Waals surface area contributed by atoms with Crippen LogP contribution < -0.4 is 15.2 Å². The second-order valence-electron chi connectivity index (χ2n) is 4.26. The van der Waals surface area contributed by atoms with Crippen LogP contribution in [0.4, 0.5) is 5.69 Å². The summed E-state index contributed by atoms with van der Waals surface area (Å²) in [5.41, 5.74) is 0.777. The molecule has 0 saturated heterocycles. The number of nitrogens with one attached hydrogen (secondary N) is 1. The molecule has 1 amide bonds. The van der Waals surface area contributed by atoms with Gasteiger partial charge in [0.25, 0.3) is 5.91 Å². The third-order valence-electron chi connectivity index (χ3n) is 2.77. The van der Waals surface area contributed by atoms with E-state index >= 15 is 0 Å². The van der Waals surface area contributed by atoms with Gasteiger partial charge in [0, 0.05) is 11.3 Å². The topological polar surface area (TPSA) is 98.5 Å². The van der Waals surface area contributed by atoms with Gasteiger partial charge in [0.2, 0.25) is 10.0 Å². The highest BCUT2D eigenvalue weighted by Gasteiger charge is 2.12. The van der Waals surface area contributed by atoms with E-state index in [4.69, 9.17) is 9.88 Å². The van der Waals surface area contributed by atoms with Crippen LogP contribution in [-0.2, 0) is 10.0 Å². The van der Waals surface area contributed by atoms with Gasteiger partial charge < -0.3 is 10.1 Å². The number of ether oxygens (including phenoxy) is 1. The number of hydrogen-bond acceptors (Lipinski definition) is 4. The number of rotatable bonds is 4. The molecule has 0 saturated carbocycles. The number of anilines is 1. The smallest absolute Gasteiger partial charge is 0.255 e. The van der Waals surface area contributed by atoms with Crippen LogP contribution >= 0.6 is 0 Å². The van der Waals surface area contributed by atoms with E-state index in [0.29, 0.717) is 11.4 Å². The molecule has 21 heavy (non-hydrogen) atoms. The van der Waals surface area contributed by atoms with Crippen molar-refractivity contribution in [2.75, 3.05) is 12.4 Å². The molecular formula is C14H14N2O4S. The largest absolute Gasteiger partial charge is 0.497 e. The highest BCUT2D eigenvalue weighted by atomic mass is 32.2. The highest BCUT2D eigenvalue weighted by molar-refractivity contribution is 7.89. The van der Waals surface area contributed by atoms with E-state index in [-0.39, 0.29) is 10.5 Å². The summed E-state index contributed by atoms with van der Waals surface area (Å²) in [6.45, 7) is 0.